The molecule has 4 heteroatoms. The highest BCUT2D eigenvalue weighted by Gasteiger charge is 2.18. The normalized spacial score (nSPS) is 11.5. The van der Waals surface area contributed by atoms with Crippen LogP contribution < -0.4 is 0 Å². The maximum atomic E-state index is 4.84. The van der Waals surface area contributed by atoms with Crippen LogP contribution in [0.4, 0.5) is 0 Å². The first-order valence-electron chi connectivity index (χ1n) is 7.74. The molecule has 0 amide bonds. The second-order valence-corrected chi connectivity index (χ2v) is 5.34. The van der Waals surface area contributed by atoms with Gasteiger partial charge in [0.25, 0.3) is 0 Å². The Morgan fingerprint density at radius 1 is 0.682 bits per heavy atom. The summed E-state index contributed by atoms with van der Waals surface area (Å²) in [7, 11) is 0. The van der Waals surface area contributed by atoms with E-state index in [0.717, 1.165) is 46.8 Å². The molecule has 0 saturated heterocycles. The van der Waals surface area contributed by atoms with Crippen molar-refractivity contribution >= 4 is 22.1 Å². The molecule has 4 nitrogen and oxygen atoms in total. The van der Waals surface area contributed by atoms with Crippen LogP contribution in [0.2, 0.25) is 0 Å². The van der Waals surface area contributed by atoms with Crippen molar-refractivity contribution in [2.75, 3.05) is 0 Å². The lowest BCUT2D eigenvalue weighted by atomic mass is 10.3. The highest BCUT2D eigenvalue weighted by atomic mass is 15.2. The molecule has 0 fully saturated rings. The summed E-state index contributed by atoms with van der Waals surface area (Å²) in [6.07, 6.45) is 0. The zero-order valence-corrected chi connectivity index (χ0v) is 12.8. The van der Waals surface area contributed by atoms with Crippen LogP contribution in [0.3, 0.4) is 0 Å². The van der Waals surface area contributed by atoms with E-state index in [-0.39, 0.29) is 0 Å². The summed E-state index contributed by atoms with van der Waals surface area (Å²) in [6.45, 7) is 6.05. The van der Waals surface area contributed by atoms with E-state index in [4.69, 9.17) is 9.97 Å². The first kappa shape index (κ1) is 13.1. The Labute approximate surface area is 129 Å². The van der Waals surface area contributed by atoms with E-state index in [1.165, 1.54) is 0 Å². The Morgan fingerprint density at radius 3 is 1.50 bits per heavy atom. The van der Waals surface area contributed by atoms with Crippen molar-refractivity contribution in [1.29, 1.82) is 0 Å². The molecule has 0 atom stereocenters. The minimum Gasteiger partial charge on any atom is -0.322 e. The largest absolute Gasteiger partial charge is 0.322 e. The number of aromatic nitrogens is 4. The second-order valence-electron chi connectivity index (χ2n) is 5.34. The van der Waals surface area contributed by atoms with Gasteiger partial charge in [0, 0.05) is 13.1 Å². The maximum Gasteiger partial charge on any atom is 0.177 e. The fourth-order valence-corrected chi connectivity index (χ4v) is 3.13. The van der Waals surface area contributed by atoms with Gasteiger partial charge in [-0.1, -0.05) is 24.3 Å². The third-order valence-electron chi connectivity index (χ3n) is 4.14. The minimum absolute atomic E-state index is 0.878. The monoisotopic (exact) mass is 290 g/mol. The fourth-order valence-electron chi connectivity index (χ4n) is 3.13. The molecule has 22 heavy (non-hydrogen) atoms. The molecule has 0 aliphatic heterocycles. The number of hydrogen-bond donors (Lipinski definition) is 0. The van der Waals surface area contributed by atoms with E-state index in [9.17, 15) is 0 Å². The number of para-hydroxylation sites is 4. The summed E-state index contributed by atoms with van der Waals surface area (Å²) in [6, 6.07) is 16.5. The van der Waals surface area contributed by atoms with E-state index in [1.54, 1.807) is 0 Å². The lowest BCUT2D eigenvalue weighted by molar-refractivity contribution is 0.751. The molecule has 0 aliphatic rings. The molecule has 0 aliphatic carbocycles. The summed E-state index contributed by atoms with van der Waals surface area (Å²) in [5, 5.41) is 0. The van der Waals surface area contributed by atoms with Gasteiger partial charge in [0.1, 0.15) is 0 Å². The number of rotatable bonds is 3. The first-order valence-corrected chi connectivity index (χ1v) is 7.74. The van der Waals surface area contributed by atoms with E-state index in [1.807, 2.05) is 12.1 Å². The molecule has 110 valence electrons. The van der Waals surface area contributed by atoms with E-state index < -0.39 is 0 Å². The van der Waals surface area contributed by atoms with Crippen molar-refractivity contribution in [2.24, 2.45) is 0 Å². The van der Waals surface area contributed by atoms with Crippen LogP contribution in [-0.4, -0.2) is 19.1 Å². The Bertz CT molecular complexity index is 882. The predicted molar refractivity (Wildman–Crippen MR) is 89.8 cm³/mol. The highest BCUT2D eigenvalue weighted by Crippen LogP contribution is 2.27. The summed E-state index contributed by atoms with van der Waals surface area (Å²) in [4.78, 5) is 9.67. The Hall–Kier alpha value is -2.62. The number of aryl methyl sites for hydroxylation is 2. The topological polar surface area (TPSA) is 35.6 Å². The van der Waals surface area contributed by atoms with Crippen molar-refractivity contribution in [2.45, 2.75) is 26.9 Å². The van der Waals surface area contributed by atoms with Crippen LogP contribution in [0, 0.1) is 0 Å². The summed E-state index contributed by atoms with van der Waals surface area (Å²) in [5.74, 6) is 1.89. The lowest BCUT2D eigenvalue weighted by Gasteiger charge is -2.08. The van der Waals surface area contributed by atoms with Crippen molar-refractivity contribution < 1.29 is 0 Å². The van der Waals surface area contributed by atoms with Crippen molar-refractivity contribution in [3.63, 3.8) is 0 Å². The van der Waals surface area contributed by atoms with Crippen molar-refractivity contribution in [1.82, 2.24) is 19.1 Å². The molecule has 4 rings (SSSR count). The van der Waals surface area contributed by atoms with Gasteiger partial charge >= 0.3 is 0 Å². The number of fused-ring (bicyclic) bond motifs is 2. The van der Waals surface area contributed by atoms with Crippen LogP contribution in [0.25, 0.3) is 33.7 Å². The van der Waals surface area contributed by atoms with Gasteiger partial charge in [-0.25, -0.2) is 9.97 Å². The number of benzene rings is 2. The van der Waals surface area contributed by atoms with E-state index >= 15 is 0 Å². The van der Waals surface area contributed by atoms with Gasteiger partial charge in [-0.15, -0.1) is 0 Å². The first-order chi connectivity index (χ1) is 10.8. The second kappa shape index (κ2) is 4.98. The molecule has 0 unspecified atom stereocenters. The van der Waals surface area contributed by atoms with Gasteiger partial charge in [-0.05, 0) is 38.1 Å². The van der Waals surface area contributed by atoms with Crippen LogP contribution in [0.5, 0.6) is 0 Å². The average molecular weight is 290 g/mol. The van der Waals surface area contributed by atoms with Gasteiger partial charge in [0.2, 0.25) is 0 Å². The standard InChI is InChI=1S/C18H18N4/c1-3-21-15-11-7-5-9-13(15)19-17(21)18-20-14-10-6-8-12-16(14)22(18)4-2/h5-12H,3-4H2,1-2H3. The van der Waals surface area contributed by atoms with Crippen LogP contribution >= 0.6 is 0 Å². The third kappa shape index (κ3) is 1.77. The van der Waals surface area contributed by atoms with E-state index in [0.29, 0.717) is 0 Å². The Morgan fingerprint density at radius 2 is 1.09 bits per heavy atom. The van der Waals surface area contributed by atoms with Crippen LogP contribution in [0.1, 0.15) is 13.8 Å². The van der Waals surface area contributed by atoms with Gasteiger partial charge < -0.3 is 9.13 Å². The van der Waals surface area contributed by atoms with Crippen LogP contribution in [-0.2, 0) is 13.1 Å². The Kier molecular flexibility index (Phi) is 2.96. The van der Waals surface area contributed by atoms with Crippen molar-refractivity contribution in [3.8, 4) is 11.6 Å². The lowest BCUT2D eigenvalue weighted by Crippen LogP contribution is -2.04. The summed E-state index contributed by atoms with van der Waals surface area (Å²) >= 11 is 0. The van der Waals surface area contributed by atoms with Crippen LogP contribution in [0.15, 0.2) is 48.5 Å². The van der Waals surface area contributed by atoms with E-state index in [2.05, 4.69) is 59.4 Å². The van der Waals surface area contributed by atoms with Gasteiger partial charge in [0.05, 0.1) is 22.1 Å². The number of nitrogens with zero attached hydrogens (tertiary/aromatic N) is 4. The molecule has 0 bridgehead atoms. The number of imidazole rings is 2. The third-order valence-corrected chi connectivity index (χ3v) is 4.14. The quantitative estimate of drug-likeness (QED) is 0.569. The molecular formula is C18H18N4. The molecule has 0 spiro atoms. The van der Waals surface area contributed by atoms with Crippen molar-refractivity contribution in [3.05, 3.63) is 48.5 Å². The SMILES string of the molecule is CCn1c(-c2nc3ccccc3n2CC)nc2ccccc21. The molecule has 0 saturated carbocycles. The summed E-state index contributed by atoms with van der Waals surface area (Å²) < 4.78 is 4.48. The molecule has 0 N–H and O–H groups in total. The average Bonchev–Trinajstić information content (AvgIpc) is 3.12. The van der Waals surface area contributed by atoms with Gasteiger partial charge in [-0.3, -0.25) is 0 Å². The Balaban J connectivity index is 2.07. The molecule has 2 aromatic carbocycles. The fraction of sp³-hybridized carbons (Fsp3) is 0.222. The van der Waals surface area contributed by atoms with Gasteiger partial charge in [0.15, 0.2) is 11.6 Å². The predicted octanol–water partition coefficient (Wildman–Crippen LogP) is 4.09. The molecular weight excluding hydrogens is 272 g/mol. The zero-order valence-electron chi connectivity index (χ0n) is 12.8. The maximum absolute atomic E-state index is 4.84. The number of hydrogen-bond acceptors (Lipinski definition) is 2. The highest BCUT2D eigenvalue weighted by molar-refractivity contribution is 5.83. The summed E-state index contributed by atoms with van der Waals surface area (Å²) in [5.41, 5.74) is 4.37. The molecule has 4 aromatic rings. The van der Waals surface area contributed by atoms with Gasteiger partial charge in [-0.2, -0.15) is 0 Å². The zero-order chi connectivity index (χ0) is 15.1. The molecule has 2 aromatic heterocycles. The minimum atomic E-state index is 0.878. The molecule has 0 radical (unpaired) electrons. The molecule has 2 heterocycles. The smallest absolute Gasteiger partial charge is 0.177 e.